The minimum Gasteiger partial charge on any atom is -0.455 e. The molecule has 0 aliphatic carbocycles. The normalized spacial score (nSPS) is 27.5. The lowest BCUT2D eigenvalue weighted by Crippen LogP contribution is -2.60. The molecule has 4 heterocycles. The van der Waals surface area contributed by atoms with Crippen LogP contribution in [0.4, 0.5) is 0 Å². The molecule has 4 aliphatic heterocycles. The van der Waals surface area contributed by atoms with Gasteiger partial charge in [-0.2, -0.15) is 0 Å². The molecule has 1 aromatic carbocycles. The Morgan fingerprint density at radius 1 is 1.12 bits per heavy atom. The molecule has 1 N–H and O–H groups in total. The summed E-state index contributed by atoms with van der Waals surface area (Å²) in [6, 6.07) is 7.06. The van der Waals surface area contributed by atoms with Crippen LogP contribution in [0, 0.1) is 17.8 Å². The number of likely N-dealkylation sites (N-methyl/N-ethyl adjacent to an activating group) is 1. The van der Waals surface area contributed by atoms with Gasteiger partial charge in [0, 0.05) is 46.2 Å². The van der Waals surface area contributed by atoms with Gasteiger partial charge in [-0.15, -0.1) is 13.2 Å². The molecule has 51 heavy (non-hydrogen) atoms. The van der Waals surface area contributed by atoms with E-state index in [0.29, 0.717) is 51.1 Å². The van der Waals surface area contributed by atoms with E-state index >= 15 is 0 Å². The predicted octanol–water partition coefficient (Wildman–Crippen LogP) is 2.82. The summed E-state index contributed by atoms with van der Waals surface area (Å²) in [6.45, 7) is 17.1. The molecule has 5 rings (SSSR count). The summed E-state index contributed by atoms with van der Waals surface area (Å²) in [5.41, 5.74) is -0.539. The van der Waals surface area contributed by atoms with Gasteiger partial charge in [0.1, 0.15) is 17.7 Å². The molecule has 0 aromatic heterocycles. The summed E-state index contributed by atoms with van der Waals surface area (Å²) < 4.78 is 18.5. The van der Waals surface area contributed by atoms with Crippen LogP contribution in [0.2, 0.25) is 0 Å². The minimum atomic E-state index is -1.26. The number of morpholine rings is 1. The number of aliphatic hydroxyl groups excluding tert-OH is 1. The second-order valence-corrected chi connectivity index (χ2v) is 14.7. The first-order valence-electron chi connectivity index (χ1n) is 18.4. The Morgan fingerprint density at radius 3 is 2.45 bits per heavy atom. The molecule has 1 aromatic rings. The van der Waals surface area contributed by atoms with E-state index < -0.39 is 53.7 Å². The average Bonchev–Trinajstić information content (AvgIpc) is 3.78. The Hall–Kier alpha value is -3.58. The molecular formula is C39H56N4O8. The number of amides is 3. The number of esters is 1. The number of fused-ring (bicyclic) bond motifs is 1. The summed E-state index contributed by atoms with van der Waals surface area (Å²) in [5.74, 6) is -3.45. The van der Waals surface area contributed by atoms with Gasteiger partial charge in [-0.1, -0.05) is 56.3 Å². The number of nitrogens with zero attached hydrogens (tertiary/aromatic N) is 4. The lowest BCUT2D eigenvalue weighted by molar-refractivity contribution is -0.165. The molecule has 1 spiro atoms. The largest absolute Gasteiger partial charge is 0.455 e. The number of hydrogen-bond donors (Lipinski definition) is 1. The highest BCUT2D eigenvalue weighted by molar-refractivity contribution is 5.98. The maximum Gasteiger partial charge on any atom is 0.313 e. The average molecular weight is 709 g/mol. The summed E-state index contributed by atoms with van der Waals surface area (Å²) in [5, 5.41) is 10.6. The molecule has 2 bridgehead atoms. The summed E-state index contributed by atoms with van der Waals surface area (Å²) in [6.07, 6.45) is 3.64. The number of benzene rings is 1. The predicted molar refractivity (Wildman–Crippen MR) is 191 cm³/mol. The molecule has 4 saturated heterocycles. The molecule has 0 unspecified atom stereocenters. The van der Waals surface area contributed by atoms with Crippen molar-refractivity contribution in [3.05, 3.63) is 61.2 Å². The zero-order valence-corrected chi connectivity index (χ0v) is 30.7. The van der Waals surface area contributed by atoms with Crippen LogP contribution in [0.5, 0.6) is 0 Å². The van der Waals surface area contributed by atoms with E-state index in [1.54, 1.807) is 29.0 Å². The van der Waals surface area contributed by atoms with Crippen LogP contribution in [0.15, 0.2) is 55.6 Å². The number of allylic oxidation sites excluding steroid dienone is 1. The fraction of sp³-hybridized carbons (Fsp3) is 0.641. The molecule has 4 fully saturated rings. The van der Waals surface area contributed by atoms with Gasteiger partial charge < -0.3 is 34.0 Å². The summed E-state index contributed by atoms with van der Waals surface area (Å²) in [4.78, 5) is 64.1. The highest BCUT2D eigenvalue weighted by Gasteiger charge is 2.76. The fourth-order valence-electron chi connectivity index (χ4n) is 8.45. The van der Waals surface area contributed by atoms with Gasteiger partial charge in [0.25, 0.3) is 0 Å². The Labute approximate surface area is 302 Å². The number of carbonyl (C=O) groups is 4. The number of aliphatic hydroxyl groups is 1. The zero-order valence-electron chi connectivity index (χ0n) is 30.7. The van der Waals surface area contributed by atoms with Crippen molar-refractivity contribution in [1.82, 2.24) is 19.6 Å². The van der Waals surface area contributed by atoms with Gasteiger partial charge in [-0.05, 0) is 37.7 Å². The summed E-state index contributed by atoms with van der Waals surface area (Å²) in [7, 11) is 1.69. The second kappa shape index (κ2) is 16.8. The third kappa shape index (κ3) is 7.65. The van der Waals surface area contributed by atoms with E-state index in [9.17, 15) is 24.3 Å². The smallest absolute Gasteiger partial charge is 0.313 e. The molecule has 12 nitrogen and oxygen atoms in total. The molecule has 280 valence electrons. The van der Waals surface area contributed by atoms with Crippen LogP contribution < -0.4 is 0 Å². The topological polar surface area (TPSA) is 129 Å². The van der Waals surface area contributed by atoms with Crippen LogP contribution in [0.25, 0.3) is 0 Å². The lowest BCUT2D eigenvalue weighted by atomic mass is 9.70. The maximum absolute atomic E-state index is 14.8. The number of rotatable bonds is 17. The van der Waals surface area contributed by atoms with Crippen molar-refractivity contribution in [3.63, 3.8) is 0 Å². The van der Waals surface area contributed by atoms with E-state index in [4.69, 9.17) is 14.2 Å². The summed E-state index contributed by atoms with van der Waals surface area (Å²) >= 11 is 0. The van der Waals surface area contributed by atoms with E-state index in [0.717, 1.165) is 13.1 Å². The number of ether oxygens (including phenoxy) is 3. The number of likely N-dealkylation sites (tertiary alicyclic amines) is 1. The van der Waals surface area contributed by atoms with Crippen molar-refractivity contribution < 1.29 is 38.5 Å². The maximum atomic E-state index is 14.8. The SMILES string of the molecule is C=CCCC(=O)N(C)[C@@H](C)[C@@H](OC(=O)[C@@H]1[C@H]2C(=O)N([C@@H](CO)C(C)C)[C@H](C(=O)N(CC=C)CCN3CCOCC3)[C@]23CC[C@H]1O3)c1ccccc1. The quantitative estimate of drug-likeness (QED) is 0.192. The third-order valence-corrected chi connectivity index (χ3v) is 11.4. The molecule has 3 amide bonds. The van der Waals surface area contributed by atoms with Crippen LogP contribution in [-0.4, -0.2) is 138 Å². The Balaban J connectivity index is 1.46. The van der Waals surface area contributed by atoms with E-state index in [1.165, 1.54) is 4.90 Å². The first-order chi connectivity index (χ1) is 24.5. The minimum absolute atomic E-state index is 0.106. The Kier molecular flexibility index (Phi) is 12.8. The van der Waals surface area contributed by atoms with Gasteiger partial charge in [0.15, 0.2) is 0 Å². The molecule has 8 atom stereocenters. The van der Waals surface area contributed by atoms with Crippen LogP contribution in [0.3, 0.4) is 0 Å². The van der Waals surface area contributed by atoms with Crippen molar-refractivity contribution in [2.75, 3.05) is 59.6 Å². The molecular weight excluding hydrogens is 652 g/mol. The van der Waals surface area contributed by atoms with E-state index in [-0.39, 0.29) is 43.2 Å². The van der Waals surface area contributed by atoms with Gasteiger partial charge in [0.2, 0.25) is 17.7 Å². The number of carbonyl (C=O) groups excluding carboxylic acids is 4. The zero-order chi connectivity index (χ0) is 36.9. The molecule has 12 heteroatoms. The lowest BCUT2D eigenvalue weighted by Gasteiger charge is -2.40. The monoisotopic (exact) mass is 708 g/mol. The van der Waals surface area contributed by atoms with Crippen LogP contribution in [0.1, 0.15) is 58.1 Å². The van der Waals surface area contributed by atoms with Gasteiger partial charge in [-0.25, -0.2) is 0 Å². The van der Waals surface area contributed by atoms with Gasteiger partial charge >= 0.3 is 5.97 Å². The van der Waals surface area contributed by atoms with Crippen molar-refractivity contribution in [1.29, 1.82) is 0 Å². The van der Waals surface area contributed by atoms with Crippen LogP contribution >= 0.6 is 0 Å². The number of hydrogen-bond acceptors (Lipinski definition) is 9. The van der Waals surface area contributed by atoms with Gasteiger partial charge in [0.05, 0.1) is 49.8 Å². The molecule has 0 saturated carbocycles. The molecule has 4 aliphatic rings. The first-order valence-corrected chi connectivity index (χ1v) is 18.4. The van der Waals surface area contributed by atoms with Crippen molar-refractivity contribution in [3.8, 4) is 0 Å². The fourth-order valence-corrected chi connectivity index (χ4v) is 8.45. The Morgan fingerprint density at radius 2 is 1.82 bits per heavy atom. The molecule has 0 radical (unpaired) electrons. The first kappa shape index (κ1) is 38.6. The van der Waals surface area contributed by atoms with Crippen molar-refractivity contribution in [2.24, 2.45) is 17.8 Å². The highest BCUT2D eigenvalue weighted by Crippen LogP contribution is 2.59. The van der Waals surface area contributed by atoms with E-state index in [1.807, 2.05) is 51.1 Å². The Bertz CT molecular complexity index is 1420. The highest BCUT2D eigenvalue weighted by atomic mass is 16.6. The second-order valence-electron chi connectivity index (χ2n) is 14.7. The van der Waals surface area contributed by atoms with Crippen molar-refractivity contribution in [2.45, 2.75) is 82.4 Å². The standard InChI is InChI=1S/C39H56N4O8/c1-7-9-15-31(45)40(6)27(5)34(28-13-11-10-12-14-28)50-38(48)32-30-16-17-39(51-30)33(32)36(46)43(29(25-44)26(3)4)35(39)37(47)42(18-8-2)20-19-41-21-23-49-24-22-41/h7-8,10-14,26-27,29-30,32-35,44H,1-2,9,15-25H2,3-6H3/t27-,29-,30+,32-,33-,34+,35+,39-/m0/s1. The van der Waals surface area contributed by atoms with Gasteiger partial charge in [-0.3, -0.25) is 24.1 Å². The van der Waals surface area contributed by atoms with Crippen molar-refractivity contribution >= 4 is 23.7 Å². The van der Waals surface area contributed by atoms with E-state index in [2.05, 4.69) is 18.1 Å². The third-order valence-electron chi connectivity index (χ3n) is 11.4. The van der Waals surface area contributed by atoms with Crippen LogP contribution in [-0.2, 0) is 33.4 Å².